The summed E-state index contributed by atoms with van der Waals surface area (Å²) in [6, 6.07) is 0. The van der Waals surface area contributed by atoms with Gasteiger partial charge < -0.3 is 28.4 Å². The van der Waals surface area contributed by atoms with E-state index in [1.807, 2.05) is 6.08 Å². The normalized spacial score (nSPS) is 42.3. The highest BCUT2D eigenvalue weighted by Gasteiger charge is 2.69. The van der Waals surface area contributed by atoms with E-state index in [0.29, 0.717) is 6.61 Å². The SMILES string of the molecule is CO/C=C/C[C@@H]1O[C@@H]([C@H]2COC3(CCCCC3)O2)[C@H]2OC3(CCCCC3)O[C@@]12CI. The summed E-state index contributed by atoms with van der Waals surface area (Å²) in [6.45, 7) is 0.579. The van der Waals surface area contributed by atoms with Crippen LogP contribution in [0.15, 0.2) is 12.3 Å². The molecule has 0 amide bonds. The number of fused-ring (bicyclic) bond motifs is 1. The Morgan fingerprint density at radius 3 is 2.33 bits per heavy atom. The van der Waals surface area contributed by atoms with Crippen LogP contribution in [0, 0.1) is 0 Å². The zero-order valence-electron chi connectivity index (χ0n) is 18.0. The Hall–Kier alpha value is 0.0700. The average Bonchev–Trinajstić information content (AvgIpc) is 3.40. The summed E-state index contributed by atoms with van der Waals surface area (Å²) in [7, 11) is 1.67. The first-order valence-corrected chi connectivity index (χ1v) is 13.3. The van der Waals surface area contributed by atoms with Crippen LogP contribution in [0.2, 0.25) is 0 Å². The van der Waals surface area contributed by atoms with Crippen molar-refractivity contribution in [2.24, 2.45) is 0 Å². The highest BCUT2D eigenvalue weighted by molar-refractivity contribution is 14.1. The Morgan fingerprint density at radius 2 is 1.67 bits per heavy atom. The Labute approximate surface area is 193 Å². The predicted octanol–water partition coefficient (Wildman–Crippen LogP) is 4.63. The van der Waals surface area contributed by atoms with Gasteiger partial charge >= 0.3 is 0 Å². The van der Waals surface area contributed by atoms with Crippen LogP contribution in [-0.4, -0.2) is 59.7 Å². The minimum atomic E-state index is -0.457. The second kappa shape index (κ2) is 8.78. The van der Waals surface area contributed by atoms with Gasteiger partial charge in [-0.05, 0) is 38.2 Å². The lowest BCUT2D eigenvalue weighted by Crippen LogP contribution is -2.50. The second-order valence-corrected chi connectivity index (χ2v) is 10.3. The van der Waals surface area contributed by atoms with Crippen molar-refractivity contribution in [3.05, 3.63) is 12.3 Å². The summed E-state index contributed by atoms with van der Waals surface area (Å²) in [6.07, 6.45) is 15.1. The van der Waals surface area contributed by atoms with Crippen molar-refractivity contribution in [2.75, 3.05) is 18.1 Å². The molecule has 170 valence electrons. The summed E-state index contributed by atoms with van der Waals surface area (Å²) < 4.78 is 39.2. The molecule has 0 radical (unpaired) electrons. The molecule has 2 saturated carbocycles. The third kappa shape index (κ3) is 3.75. The molecule has 0 aromatic heterocycles. The molecule has 0 unspecified atom stereocenters. The number of rotatable bonds is 5. The van der Waals surface area contributed by atoms with Crippen molar-refractivity contribution in [1.82, 2.24) is 0 Å². The number of halogens is 1. The molecule has 3 saturated heterocycles. The van der Waals surface area contributed by atoms with Gasteiger partial charge in [-0.3, -0.25) is 0 Å². The first-order valence-electron chi connectivity index (χ1n) is 11.7. The first kappa shape index (κ1) is 21.9. The third-order valence-electron chi connectivity index (χ3n) is 7.63. The minimum Gasteiger partial charge on any atom is -0.505 e. The number of hydrogen-bond acceptors (Lipinski definition) is 6. The van der Waals surface area contributed by atoms with Gasteiger partial charge in [0, 0.05) is 30.1 Å². The second-order valence-electron chi connectivity index (χ2n) is 9.57. The van der Waals surface area contributed by atoms with Crippen LogP contribution in [0.1, 0.15) is 70.6 Å². The summed E-state index contributed by atoms with van der Waals surface area (Å²) in [5.41, 5.74) is -0.452. The van der Waals surface area contributed by atoms with Crippen molar-refractivity contribution < 1.29 is 28.4 Å². The minimum absolute atomic E-state index is 0.0800. The fourth-order valence-corrected chi connectivity index (χ4v) is 7.22. The zero-order chi connectivity index (χ0) is 20.7. The van der Waals surface area contributed by atoms with Gasteiger partial charge in [0.25, 0.3) is 0 Å². The molecule has 7 heteroatoms. The molecule has 3 heterocycles. The molecular formula is C23H35IO6. The predicted molar refractivity (Wildman–Crippen MR) is 119 cm³/mol. The molecule has 0 bridgehead atoms. The molecule has 0 aromatic rings. The summed E-state index contributed by atoms with van der Waals surface area (Å²) in [5, 5.41) is 0. The van der Waals surface area contributed by atoms with Crippen molar-refractivity contribution in [3.63, 3.8) is 0 Å². The van der Waals surface area contributed by atoms with Crippen LogP contribution in [-0.2, 0) is 28.4 Å². The lowest BCUT2D eigenvalue weighted by molar-refractivity contribution is -0.247. The van der Waals surface area contributed by atoms with Crippen LogP contribution < -0.4 is 0 Å². The van der Waals surface area contributed by atoms with Gasteiger partial charge in [0.15, 0.2) is 11.6 Å². The first-order chi connectivity index (χ1) is 14.6. The maximum Gasteiger partial charge on any atom is 0.170 e. The lowest BCUT2D eigenvalue weighted by Gasteiger charge is -2.37. The standard InChI is InChI=1S/C23H35IO6/c1-25-14-8-9-18-23(16-24)20(29-22(30-23)12-6-3-7-13-22)19(27-18)17-15-26-21(28-17)10-4-2-5-11-21/h8,14,17-20H,2-7,9-13,15-16H2,1H3/b14-8+/t17-,18+,19+,20-,23+/m1/s1. The number of alkyl halides is 1. The maximum absolute atomic E-state index is 6.89. The lowest BCUT2D eigenvalue weighted by atomic mass is 9.89. The molecule has 0 aromatic carbocycles. The molecule has 2 spiro atoms. The number of ether oxygens (including phenoxy) is 6. The molecular weight excluding hydrogens is 499 g/mol. The molecule has 30 heavy (non-hydrogen) atoms. The Morgan fingerprint density at radius 1 is 0.967 bits per heavy atom. The average molecular weight is 534 g/mol. The Bertz CT molecular complexity index is 629. The molecule has 6 nitrogen and oxygen atoms in total. The summed E-state index contributed by atoms with van der Waals surface area (Å²) in [5.74, 6) is -0.864. The monoisotopic (exact) mass is 534 g/mol. The van der Waals surface area contributed by atoms with Crippen LogP contribution in [0.3, 0.4) is 0 Å². The molecule has 5 fully saturated rings. The van der Waals surface area contributed by atoms with Crippen molar-refractivity contribution in [2.45, 2.75) is 112 Å². The van der Waals surface area contributed by atoms with Gasteiger partial charge in [-0.1, -0.05) is 35.4 Å². The van der Waals surface area contributed by atoms with Crippen molar-refractivity contribution in [3.8, 4) is 0 Å². The fraction of sp³-hybridized carbons (Fsp3) is 0.913. The van der Waals surface area contributed by atoms with Crippen LogP contribution in [0.4, 0.5) is 0 Å². The van der Waals surface area contributed by atoms with Gasteiger partial charge in [0.2, 0.25) is 0 Å². The van der Waals surface area contributed by atoms with Crippen molar-refractivity contribution in [1.29, 1.82) is 0 Å². The van der Waals surface area contributed by atoms with E-state index in [1.54, 1.807) is 13.4 Å². The molecule has 5 atom stereocenters. The maximum atomic E-state index is 6.89. The highest BCUT2D eigenvalue weighted by Crippen LogP contribution is 2.55. The topological polar surface area (TPSA) is 55.4 Å². The molecule has 5 rings (SSSR count). The number of methoxy groups -OCH3 is 1. The zero-order valence-corrected chi connectivity index (χ0v) is 20.1. The van der Waals surface area contributed by atoms with E-state index in [2.05, 4.69) is 22.6 Å². The summed E-state index contributed by atoms with van der Waals surface area (Å²) in [4.78, 5) is 0. The van der Waals surface area contributed by atoms with E-state index < -0.39 is 17.2 Å². The summed E-state index contributed by atoms with van der Waals surface area (Å²) >= 11 is 2.45. The highest BCUT2D eigenvalue weighted by atomic mass is 127. The van der Waals surface area contributed by atoms with E-state index in [9.17, 15) is 0 Å². The van der Waals surface area contributed by atoms with Gasteiger partial charge in [-0.15, -0.1) is 0 Å². The smallest absolute Gasteiger partial charge is 0.170 e. The van der Waals surface area contributed by atoms with Crippen LogP contribution in [0.5, 0.6) is 0 Å². The van der Waals surface area contributed by atoms with E-state index in [1.165, 1.54) is 25.7 Å². The van der Waals surface area contributed by atoms with Gasteiger partial charge in [0.1, 0.15) is 23.9 Å². The molecule has 3 aliphatic heterocycles. The van der Waals surface area contributed by atoms with Crippen molar-refractivity contribution >= 4 is 22.6 Å². The van der Waals surface area contributed by atoms with E-state index >= 15 is 0 Å². The third-order valence-corrected chi connectivity index (χ3v) is 8.82. The van der Waals surface area contributed by atoms with Gasteiger partial charge in [0.05, 0.1) is 26.1 Å². The largest absolute Gasteiger partial charge is 0.505 e. The fourth-order valence-electron chi connectivity index (χ4n) is 6.14. The molecule has 0 N–H and O–H groups in total. The van der Waals surface area contributed by atoms with Gasteiger partial charge in [-0.2, -0.15) is 0 Å². The Balaban J connectivity index is 1.40. The molecule has 2 aliphatic carbocycles. The van der Waals surface area contributed by atoms with Gasteiger partial charge in [-0.25, -0.2) is 0 Å². The number of hydrogen-bond donors (Lipinski definition) is 0. The van der Waals surface area contributed by atoms with E-state index in [4.69, 9.17) is 28.4 Å². The quantitative estimate of drug-likeness (QED) is 0.292. The van der Waals surface area contributed by atoms with E-state index in [0.717, 1.165) is 49.4 Å². The van der Waals surface area contributed by atoms with Crippen LogP contribution >= 0.6 is 22.6 Å². The van der Waals surface area contributed by atoms with Crippen LogP contribution in [0.25, 0.3) is 0 Å². The van der Waals surface area contributed by atoms with E-state index in [-0.39, 0.29) is 24.4 Å². The molecule has 5 aliphatic rings. The Kier molecular flexibility index (Phi) is 6.41.